The molecule has 0 fully saturated rings. The van der Waals surface area contributed by atoms with Crippen molar-refractivity contribution in [3.63, 3.8) is 0 Å². The molecule has 1 nitrogen and oxygen atoms in total. The van der Waals surface area contributed by atoms with E-state index in [1.165, 1.54) is 13.0 Å². The fourth-order valence-corrected chi connectivity index (χ4v) is 0.594. The van der Waals surface area contributed by atoms with Crippen molar-refractivity contribution in [1.29, 1.82) is 0 Å². The highest BCUT2D eigenvalue weighted by Crippen LogP contribution is 2.20. The fraction of sp³-hybridized carbons (Fsp3) is 0.556. The summed E-state index contributed by atoms with van der Waals surface area (Å²) in [6, 6.07) is 0. The van der Waals surface area contributed by atoms with Gasteiger partial charge < -0.3 is 4.74 Å². The van der Waals surface area contributed by atoms with Gasteiger partial charge in [0.2, 0.25) is 0 Å². The van der Waals surface area contributed by atoms with Crippen LogP contribution in [0.4, 0.5) is 13.2 Å². The highest BCUT2D eigenvalue weighted by Gasteiger charge is 2.30. The summed E-state index contributed by atoms with van der Waals surface area (Å²) in [6.07, 6.45) is -0.849. The molecule has 0 radical (unpaired) electrons. The van der Waals surface area contributed by atoms with Gasteiger partial charge in [-0.2, -0.15) is 0 Å². The summed E-state index contributed by atoms with van der Waals surface area (Å²) in [7, 11) is 0. The van der Waals surface area contributed by atoms with Gasteiger partial charge in [0.25, 0.3) is 0 Å². The Hall–Kier alpha value is -0.930. The van der Waals surface area contributed by atoms with Gasteiger partial charge in [-0.3, -0.25) is 0 Å². The molecule has 0 aliphatic carbocycles. The summed E-state index contributed by atoms with van der Waals surface area (Å²) >= 11 is 0. The average Bonchev–Trinajstić information content (AvgIpc) is 1.97. The molecule has 0 N–H and O–H groups in total. The molecule has 76 valence electrons. The van der Waals surface area contributed by atoms with Gasteiger partial charge in [0.1, 0.15) is 5.76 Å². The Morgan fingerprint density at radius 3 is 2.15 bits per heavy atom. The second kappa shape index (κ2) is 4.94. The lowest BCUT2D eigenvalue weighted by Gasteiger charge is -2.07. The van der Waals surface area contributed by atoms with Crippen molar-refractivity contribution >= 4 is 0 Å². The van der Waals surface area contributed by atoms with Crippen LogP contribution in [-0.4, -0.2) is 6.36 Å². The zero-order valence-corrected chi connectivity index (χ0v) is 7.90. The summed E-state index contributed by atoms with van der Waals surface area (Å²) in [5.74, 6) is -0.152. The van der Waals surface area contributed by atoms with E-state index in [-0.39, 0.29) is 5.76 Å². The lowest BCUT2D eigenvalue weighted by atomic mass is 10.2. The van der Waals surface area contributed by atoms with E-state index in [0.717, 1.165) is 12.0 Å². The standard InChI is InChI=1S/C9H13F3O/c1-4-7(2)5-6-8(3)13-9(10,11)12/h5-6H,4H2,1-3H3/b7-5-,8-6+. The third kappa shape index (κ3) is 7.43. The fourth-order valence-electron chi connectivity index (χ4n) is 0.594. The summed E-state index contributed by atoms with van der Waals surface area (Å²) in [6.45, 7) is 5.05. The van der Waals surface area contributed by atoms with E-state index in [0.29, 0.717) is 0 Å². The van der Waals surface area contributed by atoms with E-state index in [1.807, 2.05) is 13.8 Å². The van der Waals surface area contributed by atoms with Crippen LogP contribution in [0.3, 0.4) is 0 Å². The minimum absolute atomic E-state index is 0.152. The molecule has 0 unspecified atom stereocenters. The van der Waals surface area contributed by atoms with Crippen LogP contribution in [0.2, 0.25) is 0 Å². The quantitative estimate of drug-likeness (QED) is 0.490. The molecule has 0 aromatic heterocycles. The zero-order chi connectivity index (χ0) is 10.5. The largest absolute Gasteiger partial charge is 0.572 e. The van der Waals surface area contributed by atoms with Crippen LogP contribution >= 0.6 is 0 Å². The molecule has 0 atom stereocenters. The van der Waals surface area contributed by atoms with Crippen LogP contribution in [0.5, 0.6) is 0 Å². The smallest absolute Gasteiger partial charge is 0.411 e. The molecule has 0 aliphatic heterocycles. The van der Waals surface area contributed by atoms with Crippen LogP contribution < -0.4 is 0 Å². The highest BCUT2D eigenvalue weighted by molar-refractivity contribution is 5.12. The van der Waals surface area contributed by atoms with E-state index in [9.17, 15) is 13.2 Å². The van der Waals surface area contributed by atoms with E-state index in [1.54, 1.807) is 6.08 Å². The minimum atomic E-state index is -4.59. The van der Waals surface area contributed by atoms with Gasteiger partial charge >= 0.3 is 6.36 Å². The van der Waals surface area contributed by atoms with Gasteiger partial charge in [-0.25, -0.2) is 0 Å². The van der Waals surface area contributed by atoms with Gasteiger partial charge in [-0.15, -0.1) is 13.2 Å². The average molecular weight is 194 g/mol. The van der Waals surface area contributed by atoms with Gasteiger partial charge in [-0.1, -0.05) is 18.6 Å². The summed E-state index contributed by atoms with van der Waals surface area (Å²) in [5.41, 5.74) is 1.00. The molecule has 0 aliphatic rings. The molecule has 0 aromatic carbocycles. The Kier molecular flexibility index (Phi) is 4.59. The molecule has 0 saturated carbocycles. The Balaban J connectivity index is 4.19. The van der Waals surface area contributed by atoms with Crippen LogP contribution in [0, 0.1) is 0 Å². The molecular weight excluding hydrogens is 181 g/mol. The molecule has 0 bridgehead atoms. The monoisotopic (exact) mass is 194 g/mol. The summed E-state index contributed by atoms with van der Waals surface area (Å²) in [5, 5.41) is 0. The van der Waals surface area contributed by atoms with E-state index in [4.69, 9.17) is 0 Å². The second-order valence-corrected chi connectivity index (χ2v) is 2.69. The molecule has 0 saturated heterocycles. The number of hydrogen-bond acceptors (Lipinski definition) is 1. The van der Waals surface area contributed by atoms with E-state index in [2.05, 4.69) is 4.74 Å². The van der Waals surface area contributed by atoms with E-state index >= 15 is 0 Å². The van der Waals surface area contributed by atoms with Crippen molar-refractivity contribution in [2.75, 3.05) is 0 Å². The molecule has 0 spiro atoms. The van der Waals surface area contributed by atoms with Crippen molar-refractivity contribution in [2.24, 2.45) is 0 Å². The lowest BCUT2D eigenvalue weighted by Crippen LogP contribution is -2.11. The predicted molar refractivity (Wildman–Crippen MR) is 44.9 cm³/mol. The first kappa shape index (κ1) is 12.1. The molecule has 0 aromatic rings. The lowest BCUT2D eigenvalue weighted by molar-refractivity contribution is -0.305. The summed E-state index contributed by atoms with van der Waals surface area (Å²) in [4.78, 5) is 0. The topological polar surface area (TPSA) is 9.23 Å². The highest BCUT2D eigenvalue weighted by atomic mass is 19.4. The SMILES string of the molecule is CC/C(C)=C\C=C(/C)OC(F)(F)F. The first-order valence-corrected chi connectivity index (χ1v) is 3.95. The number of alkyl halides is 3. The predicted octanol–water partition coefficient (Wildman–Crippen LogP) is 3.78. The normalized spacial score (nSPS) is 14.6. The minimum Gasteiger partial charge on any atom is -0.411 e. The van der Waals surface area contributed by atoms with Crippen LogP contribution in [0.15, 0.2) is 23.5 Å². The first-order valence-electron chi connectivity index (χ1n) is 3.95. The number of allylic oxidation sites excluding steroid dienone is 4. The van der Waals surface area contributed by atoms with Gasteiger partial charge in [-0.05, 0) is 26.3 Å². The zero-order valence-electron chi connectivity index (χ0n) is 7.90. The van der Waals surface area contributed by atoms with Crippen LogP contribution in [0.25, 0.3) is 0 Å². The molecule has 13 heavy (non-hydrogen) atoms. The Morgan fingerprint density at radius 2 is 1.77 bits per heavy atom. The number of halogens is 3. The third-order valence-electron chi connectivity index (χ3n) is 1.44. The second-order valence-electron chi connectivity index (χ2n) is 2.69. The first-order chi connectivity index (χ1) is 5.85. The Labute approximate surface area is 75.9 Å². The van der Waals surface area contributed by atoms with Gasteiger partial charge in [0.15, 0.2) is 0 Å². The van der Waals surface area contributed by atoms with Crippen LogP contribution in [0.1, 0.15) is 27.2 Å². The number of rotatable bonds is 3. The van der Waals surface area contributed by atoms with Crippen molar-refractivity contribution in [3.05, 3.63) is 23.5 Å². The van der Waals surface area contributed by atoms with Crippen molar-refractivity contribution in [1.82, 2.24) is 0 Å². The Bertz CT molecular complexity index is 213. The molecular formula is C9H13F3O. The number of ether oxygens (including phenoxy) is 1. The molecule has 0 rings (SSSR count). The van der Waals surface area contributed by atoms with Crippen molar-refractivity contribution in [2.45, 2.75) is 33.6 Å². The third-order valence-corrected chi connectivity index (χ3v) is 1.44. The van der Waals surface area contributed by atoms with Crippen molar-refractivity contribution in [3.8, 4) is 0 Å². The Morgan fingerprint density at radius 1 is 1.23 bits per heavy atom. The maximum Gasteiger partial charge on any atom is 0.572 e. The summed E-state index contributed by atoms with van der Waals surface area (Å²) < 4.78 is 38.5. The molecule has 4 heteroatoms. The molecule has 0 amide bonds. The maximum absolute atomic E-state index is 11.6. The van der Waals surface area contributed by atoms with Crippen LogP contribution in [-0.2, 0) is 4.74 Å². The van der Waals surface area contributed by atoms with Gasteiger partial charge in [0.05, 0.1) is 0 Å². The van der Waals surface area contributed by atoms with Crippen molar-refractivity contribution < 1.29 is 17.9 Å². The maximum atomic E-state index is 11.6. The van der Waals surface area contributed by atoms with Gasteiger partial charge in [0, 0.05) is 0 Å². The number of hydrogen-bond donors (Lipinski definition) is 0. The van der Waals surface area contributed by atoms with E-state index < -0.39 is 6.36 Å². The molecule has 0 heterocycles.